The second-order valence-electron chi connectivity index (χ2n) is 12.2. The summed E-state index contributed by atoms with van der Waals surface area (Å²) in [6.07, 6.45) is 9.58. The van der Waals surface area contributed by atoms with Crippen LogP contribution in [0, 0.1) is 5.41 Å². The number of nitrogens with zero attached hydrogens (tertiary/aromatic N) is 6. The summed E-state index contributed by atoms with van der Waals surface area (Å²) in [5, 5.41) is 8.01. The van der Waals surface area contributed by atoms with Gasteiger partial charge < -0.3 is 29.7 Å². The Hall–Kier alpha value is -3.17. The largest absolute Gasteiger partial charge is 0.494 e. The first-order chi connectivity index (χ1) is 21.0. The first-order valence-corrected chi connectivity index (χ1v) is 18.1. The van der Waals surface area contributed by atoms with Crippen LogP contribution in [-0.2, 0) is 4.57 Å². The van der Waals surface area contributed by atoms with E-state index in [9.17, 15) is 4.57 Å². The van der Waals surface area contributed by atoms with Crippen LogP contribution in [0.4, 0.5) is 28.8 Å². The fourth-order valence-corrected chi connectivity index (χ4v) is 8.11. The molecule has 2 N–H and O–H groups in total. The fourth-order valence-electron chi connectivity index (χ4n) is 6.30. The van der Waals surface area contributed by atoms with Gasteiger partial charge in [0.25, 0.3) is 0 Å². The number of halogens is 2. The number of piperidine rings is 2. The molecule has 1 spiro atoms. The molecule has 0 unspecified atom stereocenters. The molecule has 2 fully saturated rings. The first kappa shape index (κ1) is 30.8. The van der Waals surface area contributed by atoms with E-state index in [1.807, 2.05) is 24.3 Å². The zero-order valence-corrected chi connectivity index (χ0v) is 27.8. The summed E-state index contributed by atoms with van der Waals surface area (Å²) in [5.41, 5.74) is 3.87. The van der Waals surface area contributed by atoms with Crippen LogP contribution in [0.1, 0.15) is 25.7 Å². The van der Waals surface area contributed by atoms with Crippen molar-refractivity contribution < 1.29 is 9.30 Å². The fraction of sp³-hybridized carbons (Fsp3) is 0.419. The molecule has 44 heavy (non-hydrogen) atoms. The summed E-state index contributed by atoms with van der Waals surface area (Å²) < 4.78 is 19.1. The van der Waals surface area contributed by atoms with Gasteiger partial charge in [-0.15, -0.1) is 0 Å². The molecule has 2 saturated heterocycles. The van der Waals surface area contributed by atoms with E-state index in [1.165, 1.54) is 45.0 Å². The van der Waals surface area contributed by atoms with Gasteiger partial charge in [-0.05, 0) is 82.8 Å². The highest BCUT2D eigenvalue weighted by atomic mass is 35.5. The standard InChI is InChI=1S/C31H37Cl2N8O2P/c1-40-13-7-31(8-14-40)9-15-41(16-10-31)25-18-26(43-2)24(17-20(25)32)38-30-36-19-21(33)29(39-30)37-23-6-5-22-27(35-12-11-34-22)28(23)44(3,4)42/h5-6,11-12,17-19H,7-10,13-16H2,1-4H3,(H2,36,37,38,39). The highest BCUT2D eigenvalue weighted by Gasteiger charge is 2.37. The number of aromatic nitrogens is 4. The summed E-state index contributed by atoms with van der Waals surface area (Å²) in [6.45, 7) is 7.70. The quantitative estimate of drug-likeness (QED) is 0.207. The van der Waals surface area contributed by atoms with E-state index < -0.39 is 7.14 Å². The molecule has 2 aromatic heterocycles. The van der Waals surface area contributed by atoms with E-state index in [-0.39, 0.29) is 0 Å². The van der Waals surface area contributed by atoms with Gasteiger partial charge in [0.15, 0.2) is 5.82 Å². The molecule has 0 saturated carbocycles. The molecule has 13 heteroatoms. The van der Waals surface area contributed by atoms with Crippen molar-refractivity contribution in [3.05, 3.63) is 52.9 Å². The van der Waals surface area contributed by atoms with Gasteiger partial charge in [-0.1, -0.05) is 23.2 Å². The summed E-state index contributed by atoms with van der Waals surface area (Å²) in [5.74, 6) is 1.27. The molecule has 2 aliphatic rings. The van der Waals surface area contributed by atoms with Gasteiger partial charge in [0, 0.05) is 31.5 Å². The Labute approximate surface area is 267 Å². The Bertz CT molecular complexity index is 1730. The van der Waals surface area contributed by atoms with Crippen LogP contribution in [0.25, 0.3) is 11.0 Å². The zero-order chi connectivity index (χ0) is 31.1. The Morgan fingerprint density at radius 2 is 1.61 bits per heavy atom. The van der Waals surface area contributed by atoms with Gasteiger partial charge >= 0.3 is 0 Å². The molecular formula is C31H37Cl2N8O2P. The third-order valence-electron chi connectivity index (χ3n) is 8.88. The molecule has 0 bridgehead atoms. The van der Waals surface area contributed by atoms with E-state index >= 15 is 0 Å². The number of anilines is 5. The van der Waals surface area contributed by atoms with E-state index in [0.29, 0.717) is 60.7 Å². The number of fused-ring (bicyclic) bond motifs is 1. The molecule has 2 aromatic carbocycles. The number of methoxy groups -OCH3 is 1. The summed E-state index contributed by atoms with van der Waals surface area (Å²) in [7, 11) is 1.08. The number of hydrogen-bond donors (Lipinski definition) is 2. The van der Waals surface area contributed by atoms with Crippen molar-refractivity contribution in [3.8, 4) is 5.75 Å². The molecule has 4 heterocycles. The highest BCUT2D eigenvalue weighted by Crippen LogP contribution is 2.45. The van der Waals surface area contributed by atoms with Crippen LogP contribution in [0.3, 0.4) is 0 Å². The maximum absolute atomic E-state index is 13.4. The van der Waals surface area contributed by atoms with Crippen LogP contribution in [0.2, 0.25) is 10.0 Å². The van der Waals surface area contributed by atoms with E-state index in [4.69, 9.17) is 27.9 Å². The van der Waals surface area contributed by atoms with Gasteiger partial charge in [-0.25, -0.2) is 4.98 Å². The predicted octanol–water partition coefficient (Wildman–Crippen LogP) is 6.78. The van der Waals surface area contributed by atoms with Crippen molar-refractivity contribution in [2.45, 2.75) is 25.7 Å². The molecule has 10 nitrogen and oxygen atoms in total. The maximum Gasteiger partial charge on any atom is 0.229 e. The molecule has 4 aromatic rings. The van der Waals surface area contributed by atoms with Gasteiger partial charge in [0.05, 0.1) is 46.2 Å². The lowest BCUT2D eigenvalue weighted by atomic mass is 9.71. The molecule has 0 radical (unpaired) electrons. The number of likely N-dealkylation sites (tertiary alicyclic amines) is 1. The number of rotatable bonds is 7. The molecule has 232 valence electrons. The average Bonchev–Trinajstić information content (AvgIpc) is 3.00. The van der Waals surface area contributed by atoms with Gasteiger partial charge in [-0.2, -0.15) is 4.98 Å². The minimum Gasteiger partial charge on any atom is -0.494 e. The molecular weight excluding hydrogens is 618 g/mol. The lowest BCUT2D eigenvalue weighted by molar-refractivity contribution is 0.0945. The Kier molecular flexibility index (Phi) is 8.63. The minimum atomic E-state index is -2.77. The van der Waals surface area contributed by atoms with Crippen LogP contribution in [0.15, 0.2) is 42.9 Å². The van der Waals surface area contributed by atoms with Gasteiger partial charge in [-0.3, -0.25) is 9.97 Å². The first-order valence-electron chi connectivity index (χ1n) is 14.7. The van der Waals surface area contributed by atoms with Crippen LogP contribution >= 0.6 is 30.3 Å². The topological polar surface area (TPSA) is 108 Å². The number of hydrogen-bond acceptors (Lipinski definition) is 10. The minimum absolute atomic E-state index is 0.291. The van der Waals surface area contributed by atoms with E-state index in [0.717, 1.165) is 18.8 Å². The van der Waals surface area contributed by atoms with E-state index in [2.05, 4.69) is 47.4 Å². The second-order valence-corrected chi connectivity index (χ2v) is 16.1. The van der Waals surface area contributed by atoms with Crippen molar-refractivity contribution in [1.29, 1.82) is 0 Å². The number of nitrogens with one attached hydrogen (secondary N) is 2. The monoisotopic (exact) mass is 654 g/mol. The SMILES string of the molecule is COc1cc(N2CCC3(CCN(C)CC3)CC2)c(Cl)cc1Nc1ncc(Cl)c(Nc2ccc3nccnc3c2P(C)(C)=O)n1. The van der Waals surface area contributed by atoms with Crippen LogP contribution < -0.4 is 25.6 Å². The highest BCUT2D eigenvalue weighted by molar-refractivity contribution is 7.71. The zero-order valence-electron chi connectivity index (χ0n) is 25.4. The molecule has 2 aliphatic heterocycles. The number of ether oxygens (including phenoxy) is 1. The molecule has 6 rings (SSSR count). The normalized spacial score (nSPS) is 17.2. The predicted molar refractivity (Wildman–Crippen MR) is 181 cm³/mol. The second kappa shape index (κ2) is 12.3. The Balaban J connectivity index is 1.23. The smallest absolute Gasteiger partial charge is 0.229 e. The summed E-state index contributed by atoms with van der Waals surface area (Å²) in [6, 6.07) is 7.47. The average molecular weight is 656 g/mol. The van der Waals surface area contributed by atoms with Crippen molar-refractivity contribution in [2.24, 2.45) is 5.41 Å². The molecule has 0 amide bonds. The lowest BCUT2D eigenvalue weighted by Gasteiger charge is -2.47. The van der Waals surface area contributed by atoms with Crippen molar-refractivity contribution in [3.63, 3.8) is 0 Å². The molecule has 0 aliphatic carbocycles. The van der Waals surface area contributed by atoms with Crippen molar-refractivity contribution >= 4 is 75.5 Å². The lowest BCUT2D eigenvalue weighted by Crippen LogP contribution is -2.46. The number of benzene rings is 2. The molecule has 0 atom stereocenters. The Morgan fingerprint density at radius 3 is 2.32 bits per heavy atom. The van der Waals surface area contributed by atoms with Crippen molar-refractivity contribution in [1.82, 2.24) is 24.8 Å². The maximum atomic E-state index is 13.4. The van der Waals surface area contributed by atoms with Gasteiger partial charge in [0.1, 0.15) is 23.4 Å². The van der Waals surface area contributed by atoms with Crippen molar-refractivity contribution in [2.75, 3.05) is 69.2 Å². The van der Waals surface area contributed by atoms with Crippen LogP contribution in [-0.4, -0.2) is 78.5 Å². The third kappa shape index (κ3) is 6.31. The third-order valence-corrected chi connectivity index (χ3v) is 11.0. The van der Waals surface area contributed by atoms with E-state index in [1.54, 1.807) is 32.8 Å². The summed E-state index contributed by atoms with van der Waals surface area (Å²) >= 11 is 13.4. The Morgan fingerprint density at radius 1 is 0.909 bits per heavy atom. The summed E-state index contributed by atoms with van der Waals surface area (Å²) in [4.78, 5) is 22.6. The van der Waals surface area contributed by atoms with Gasteiger partial charge in [0.2, 0.25) is 5.95 Å². The van der Waals surface area contributed by atoms with Crippen LogP contribution in [0.5, 0.6) is 5.75 Å².